The predicted octanol–water partition coefficient (Wildman–Crippen LogP) is 1.45. The molecule has 1 aromatic rings. The zero-order valence-electron chi connectivity index (χ0n) is 8.78. The van der Waals surface area contributed by atoms with Crippen LogP contribution < -0.4 is 5.32 Å². The van der Waals surface area contributed by atoms with Gasteiger partial charge in [0, 0.05) is 0 Å². The number of hydrogen-bond acceptors (Lipinski definition) is 2. The molecule has 1 atom stereocenters. The van der Waals surface area contributed by atoms with Crippen LogP contribution in [0.3, 0.4) is 0 Å². The van der Waals surface area contributed by atoms with E-state index in [-0.39, 0.29) is 17.7 Å². The minimum atomic E-state index is -0.654. The van der Waals surface area contributed by atoms with Crippen molar-refractivity contribution in [2.75, 3.05) is 0 Å². The summed E-state index contributed by atoms with van der Waals surface area (Å²) >= 11 is 0. The van der Waals surface area contributed by atoms with Crippen LogP contribution in [0, 0.1) is 5.41 Å². The maximum Gasteiger partial charge on any atom is 0.235 e. The van der Waals surface area contributed by atoms with E-state index in [2.05, 4.69) is 5.32 Å². The molecular formula is C12H13NO2. The fourth-order valence-corrected chi connectivity index (χ4v) is 2.02. The van der Waals surface area contributed by atoms with Crippen molar-refractivity contribution in [1.29, 1.82) is 0 Å². The fourth-order valence-electron chi connectivity index (χ4n) is 2.02. The van der Waals surface area contributed by atoms with Gasteiger partial charge >= 0.3 is 0 Å². The van der Waals surface area contributed by atoms with Crippen LogP contribution in [0.5, 0.6) is 0 Å². The lowest BCUT2D eigenvalue weighted by Gasteiger charge is -2.21. The van der Waals surface area contributed by atoms with Crippen molar-refractivity contribution in [2.45, 2.75) is 19.8 Å². The monoisotopic (exact) mass is 203 g/mol. The van der Waals surface area contributed by atoms with Crippen molar-refractivity contribution in [2.24, 2.45) is 5.41 Å². The topological polar surface area (TPSA) is 46.2 Å². The summed E-state index contributed by atoms with van der Waals surface area (Å²) in [4.78, 5) is 23.2. The minimum absolute atomic E-state index is 0.193. The molecule has 1 heterocycles. The summed E-state index contributed by atoms with van der Waals surface area (Å²) in [5.41, 5.74) is 0.240. The zero-order valence-corrected chi connectivity index (χ0v) is 8.78. The summed E-state index contributed by atoms with van der Waals surface area (Å²) < 4.78 is 0. The molecule has 1 saturated heterocycles. The van der Waals surface area contributed by atoms with Gasteiger partial charge in [0.2, 0.25) is 11.8 Å². The Morgan fingerprint density at radius 2 is 1.73 bits per heavy atom. The van der Waals surface area contributed by atoms with Crippen LogP contribution in [0.4, 0.5) is 0 Å². The molecule has 2 amide bonds. The standard InChI is InChI=1S/C12H13NO2/c1-12(2)9(10(14)13-11(12)15)8-6-4-3-5-7-8/h3-7,9H,1-2H3,(H,13,14,15). The Hall–Kier alpha value is -1.64. The Bertz CT molecular complexity index is 409. The Morgan fingerprint density at radius 3 is 2.20 bits per heavy atom. The van der Waals surface area contributed by atoms with E-state index in [1.54, 1.807) is 13.8 Å². The molecule has 1 N–H and O–H groups in total. The van der Waals surface area contributed by atoms with Gasteiger partial charge < -0.3 is 0 Å². The quantitative estimate of drug-likeness (QED) is 0.702. The molecule has 2 rings (SSSR count). The molecule has 78 valence electrons. The van der Waals surface area contributed by atoms with Gasteiger partial charge in [-0.2, -0.15) is 0 Å². The number of amides is 2. The second kappa shape index (κ2) is 3.19. The minimum Gasteiger partial charge on any atom is -0.295 e. The third-order valence-corrected chi connectivity index (χ3v) is 2.94. The van der Waals surface area contributed by atoms with E-state index in [0.717, 1.165) is 5.56 Å². The Kier molecular flexibility index (Phi) is 2.11. The van der Waals surface area contributed by atoms with Gasteiger partial charge in [-0.05, 0) is 19.4 Å². The Balaban J connectivity index is 2.45. The van der Waals surface area contributed by atoms with E-state index in [1.165, 1.54) is 0 Å². The molecule has 1 aliphatic heterocycles. The van der Waals surface area contributed by atoms with Crippen molar-refractivity contribution >= 4 is 11.8 Å². The highest BCUT2D eigenvalue weighted by Gasteiger charge is 2.48. The lowest BCUT2D eigenvalue weighted by molar-refractivity contribution is -0.127. The number of carbonyl (C=O) groups is 2. The summed E-state index contributed by atoms with van der Waals surface area (Å²) in [5, 5.41) is 2.38. The summed E-state index contributed by atoms with van der Waals surface area (Å²) in [6, 6.07) is 9.41. The number of nitrogens with one attached hydrogen (secondary N) is 1. The van der Waals surface area contributed by atoms with Gasteiger partial charge in [-0.1, -0.05) is 30.3 Å². The average molecular weight is 203 g/mol. The smallest absolute Gasteiger partial charge is 0.235 e. The van der Waals surface area contributed by atoms with Crippen molar-refractivity contribution in [1.82, 2.24) is 5.32 Å². The maximum absolute atomic E-state index is 11.7. The highest BCUT2D eigenvalue weighted by Crippen LogP contribution is 2.39. The van der Waals surface area contributed by atoms with E-state index < -0.39 is 5.41 Å². The molecule has 0 saturated carbocycles. The molecule has 3 nitrogen and oxygen atoms in total. The second-order valence-electron chi connectivity index (χ2n) is 4.38. The maximum atomic E-state index is 11.7. The lowest BCUT2D eigenvalue weighted by Crippen LogP contribution is -2.27. The fraction of sp³-hybridized carbons (Fsp3) is 0.333. The molecule has 0 aromatic heterocycles. The van der Waals surface area contributed by atoms with Crippen molar-refractivity contribution in [3.63, 3.8) is 0 Å². The Morgan fingerprint density at radius 1 is 1.13 bits per heavy atom. The largest absolute Gasteiger partial charge is 0.295 e. The molecular weight excluding hydrogens is 190 g/mol. The van der Waals surface area contributed by atoms with Gasteiger partial charge in [0.1, 0.15) is 0 Å². The van der Waals surface area contributed by atoms with Crippen LogP contribution in [-0.4, -0.2) is 11.8 Å². The van der Waals surface area contributed by atoms with E-state index >= 15 is 0 Å². The van der Waals surface area contributed by atoms with Crippen LogP contribution in [0.25, 0.3) is 0 Å². The van der Waals surface area contributed by atoms with Crippen molar-refractivity contribution < 1.29 is 9.59 Å². The molecule has 0 aliphatic carbocycles. The first-order valence-electron chi connectivity index (χ1n) is 4.93. The SMILES string of the molecule is CC1(C)C(=O)NC(=O)C1c1ccccc1. The molecule has 0 spiro atoms. The number of benzene rings is 1. The lowest BCUT2D eigenvalue weighted by atomic mass is 9.77. The molecule has 1 aromatic carbocycles. The molecule has 1 aliphatic rings. The van der Waals surface area contributed by atoms with Gasteiger partial charge in [0.25, 0.3) is 0 Å². The molecule has 1 unspecified atom stereocenters. The first-order chi connectivity index (χ1) is 7.03. The second-order valence-corrected chi connectivity index (χ2v) is 4.38. The van der Waals surface area contributed by atoms with Gasteiger partial charge in [0.15, 0.2) is 0 Å². The summed E-state index contributed by atoms with van der Waals surface area (Å²) in [7, 11) is 0. The van der Waals surface area contributed by atoms with Crippen molar-refractivity contribution in [3.8, 4) is 0 Å². The van der Waals surface area contributed by atoms with E-state index in [9.17, 15) is 9.59 Å². The molecule has 15 heavy (non-hydrogen) atoms. The molecule has 0 radical (unpaired) electrons. The van der Waals surface area contributed by atoms with E-state index in [0.29, 0.717) is 0 Å². The van der Waals surface area contributed by atoms with Gasteiger partial charge in [-0.25, -0.2) is 0 Å². The summed E-state index contributed by atoms with van der Waals surface area (Å²) in [5.74, 6) is -0.760. The normalized spacial score (nSPS) is 24.0. The third kappa shape index (κ3) is 1.44. The van der Waals surface area contributed by atoms with Gasteiger partial charge in [-0.3, -0.25) is 14.9 Å². The number of hydrogen-bond donors (Lipinski definition) is 1. The van der Waals surface area contributed by atoms with E-state index in [1.807, 2.05) is 30.3 Å². The van der Waals surface area contributed by atoms with E-state index in [4.69, 9.17) is 0 Å². The average Bonchev–Trinajstić information content (AvgIpc) is 2.37. The van der Waals surface area contributed by atoms with Gasteiger partial charge in [-0.15, -0.1) is 0 Å². The molecule has 0 bridgehead atoms. The summed E-state index contributed by atoms with van der Waals surface area (Å²) in [6.07, 6.45) is 0. The molecule has 3 heteroatoms. The van der Waals surface area contributed by atoms with Crippen LogP contribution in [0.15, 0.2) is 30.3 Å². The molecule has 1 fully saturated rings. The first kappa shape index (κ1) is 9.90. The Labute approximate surface area is 88.5 Å². The van der Waals surface area contributed by atoms with Gasteiger partial charge in [0.05, 0.1) is 11.3 Å². The zero-order chi connectivity index (χ0) is 11.1. The highest BCUT2D eigenvalue weighted by molar-refractivity contribution is 6.09. The number of imide groups is 1. The van der Waals surface area contributed by atoms with Crippen LogP contribution in [-0.2, 0) is 9.59 Å². The van der Waals surface area contributed by atoms with Crippen molar-refractivity contribution in [3.05, 3.63) is 35.9 Å². The van der Waals surface area contributed by atoms with Crippen LogP contribution in [0.2, 0.25) is 0 Å². The summed E-state index contributed by atoms with van der Waals surface area (Å²) in [6.45, 7) is 3.59. The van der Waals surface area contributed by atoms with Crippen LogP contribution >= 0.6 is 0 Å². The number of carbonyl (C=O) groups excluding carboxylic acids is 2. The third-order valence-electron chi connectivity index (χ3n) is 2.94. The highest BCUT2D eigenvalue weighted by atomic mass is 16.2. The number of rotatable bonds is 1. The first-order valence-corrected chi connectivity index (χ1v) is 4.93. The predicted molar refractivity (Wildman–Crippen MR) is 56.1 cm³/mol. The van der Waals surface area contributed by atoms with Crippen LogP contribution in [0.1, 0.15) is 25.3 Å².